The van der Waals surface area contributed by atoms with Crippen molar-refractivity contribution in [3.63, 3.8) is 0 Å². The molecule has 1 N–H and O–H groups in total. The molecular formula is C10H10NO2. The fourth-order valence-electron chi connectivity index (χ4n) is 1.31. The van der Waals surface area contributed by atoms with E-state index in [1.165, 1.54) is 0 Å². The van der Waals surface area contributed by atoms with Crippen molar-refractivity contribution in [3.05, 3.63) is 24.4 Å². The number of methoxy groups -OCH3 is 2. The van der Waals surface area contributed by atoms with Crippen LogP contribution in [0.15, 0.2) is 18.3 Å². The van der Waals surface area contributed by atoms with E-state index in [4.69, 9.17) is 9.47 Å². The van der Waals surface area contributed by atoms with E-state index in [0.29, 0.717) is 0 Å². The first-order valence-corrected chi connectivity index (χ1v) is 3.96. The molecular weight excluding hydrogens is 166 g/mol. The minimum Gasteiger partial charge on any atom is -0.493 e. The van der Waals surface area contributed by atoms with Crippen LogP contribution in [0.25, 0.3) is 10.9 Å². The van der Waals surface area contributed by atoms with Crippen LogP contribution >= 0.6 is 0 Å². The number of benzene rings is 1. The summed E-state index contributed by atoms with van der Waals surface area (Å²) < 4.78 is 10.3. The molecule has 0 bridgehead atoms. The van der Waals surface area contributed by atoms with Crippen LogP contribution in [0, 0.1) is 6.07 Å². The maximum atomic E-state index is 5.15. The molecule has 0 saturated heterocycles. The first kappa shape index (κ1) is 7.98. The molecule has 1 aromatic heterocycles. The Morgan fingerprint density at radius 2 is 1.85 bits per heavy atom. The first-order valence-electron chi connectivity index (χ1n) is 3.96. The second-order valence-electron chi connectivity index (χ2n) is 2.69. The van der Waals surface area contributed by atoms with Gasteiger partial charge in [0.1, 0.15) is 0 Å². The highest BCUT2D eigenvalue weighted by atomic mass is 16.5. The SMILES string of the molecule is COc1cc2[c]c[nH]c2cc1OC. The molecule has 13 heavy (non-hydrogen) atoms. The molecule has 0 saturated carbocycles. The van der Waals surface area contributed by atoms with Gasteiger partial charge in [-0.25, -0.2) is 0 Å². The topological polar surface area (TPSA) is 34.2 Å². The van der Waals surface area contributed by atoms with Crippen LogP contribution in [0.5, 0.6) is 11.5 Å². The van der Waals surface area contributed by atoms with E-state index in [1.807, 2.05) is 12.1 Å². The van der Waals surface area contributed by atoms with Gasteiger partial charge in [-0.3, -0.25) is 0 Å². The van der Waals surface area contributed by atoms with Crippen LogP contribution in [0.2, 0.25) is 0 Å². The summed E-state index contributed by atoms with van der Waals surface area (Å²) in [7, 11) is 3.24. The molecule has 0 atom stereocenters. The van der Waals surface area contributed by atoms with Gasteiger partial charge in [0, 0.05) is 29.2 Å². The Morgan fingerprint density at radius 3 is 2.54 bits per heavy atom. The largest absolute Gasteiger partial charge is 0.493 e. The first-order chi connectivity index (χ1) is 6.35. The van der Waals surface area contributed by atoms with E-state index in [9.17, 15) is 0 Å². The fraction of sp³-hybridized carbons (Fsp3) is 0.200. The Labute approximate surface area is 76.3 Å². The van der Waals surface area contributed by atoms with E-state index < -0.39 is 0 Å². The van der Waals surface area contributed by atoms with Gasteiger partial charge < -0.3 is 14.5 Å². The average molecular weight is 176 g/mol. The molecule has 0 aliphatic heterocycles. The maximum absolute atomic E-state index is 5.15. The lowest BCUT2D eigenvalue weighted by Crippen LogP contribution is -1.89. The number of hydrogen-bond donors (Lipinski definition) is 1. The number of aromatic nitrogens is 1. The average Bonchev–Trinajstić information content (AvgIpc) is 2.62. The Bertz CT molecular complexity index is 382. The molecule has 3 nitrogen and oxygen atoms in total. The van der Waals surface area contributed by atoms with Gasteiger partial charge in [-0.05, 0) is 6.07 Å². The molecule has 1 aromatic carbocycles. The molecule has 67 valence electrons. The molecule has 2 rings (SSSR count). The van der Waals surface area contributed by atoms with Crippen molar-refractivity contribution in [2.24, 2.45) is 0 Å². The maximum Gasteiger partial charge on any atom is 0.162 e. The summed E-state index contributed by atoms with van der Waals surface area (Å²) in [5, 5.41) is 0.998. The van der Waals surface area contributed by atoms with Crippen molar-refractivity contribution in [2.45, 2.75) is 0 Å². The number of aromatic amines is 1. The van der Waals surface area contributed by atoms with Crippen molar-refractivity contribution in [3.8, 4) is 11.5 Å². The normalized spacial score (nSPS) is 10.3. The van der Waals surface area contributed by atoms with Gasteiger partial charge in [-0.15, -0.1) is 0 Å². The van der Waals surface area contributed by atoms with Crippen LogP contribution in [-0.4, -0.2) is 19.2 Å². The molecule has 0 aliphatic carbocycles. The van der Waals surface area contributed by atoms with Gasteiger partial charge in [0.15, 0.2) is 11.5 Å². The minimum atomic E-state index is 0.728. The zero-order valence-electron chi connectivity index (χ0n) is 7.55. The predicted octanol–water partition coefficient (Wildman–Crippen LogP) is 1.99. The lowest BCUT2D eigenvalue weighted by atomic mass is 10.2. The molecule has 0 unspecified atom stereocenters. The predicted molar refractivity (Wildman–Crippen MR) is 50.2 cm³/mol. The zero-order chi connectivity index (χ0) is 9.26. The zero-order valence-corrected chi connectivity index (χ0v) is 7.55. The number of H-pyrrole nitrogens is 1. The molecule has 0 aliphatic rings. The summed E-state index contributed by atoms with van der Waals surface area (Å²) in [5.41, 5.74) is 0.998. The van der Waals surface area contributed by atoms with E-state index in [-0.39, 0.29) is 0 Å². The van der Waals surface area contributed by atoms with Gasteiger partial charge in [0.25, 0.3) is 0 Å². The van der Waals surface area contributed by atoms with Gasteiger partial charge in [-0.1, -0.05) is 0 Å². The molecule has 1 heterocycles. The van der Waals surface area contributed by atoms with Crippen molar-refractivity contribution in [1.82, 2.24) is 4.98 Å². The second kappa shape index (κ2) is 3.01. The fourth-order valence-corrected chi connectivity index (χ4v) is 1.31. The number of ether oxygens (including phenoxy) is 2. The highest BCUT2D eigenvalue weighted by Gasteiger charge is 2.05. The van der Waals surface area contributed by atoms with Crippen LogP contribution in [0.1, 0.15) is 0 Å². The van der Waals surface area contributed by atoms with Crippen molar-refractivity contribution in [2.75, 3.05) is 14.2 Å². The molecule has 3 heteroatoms. The summed E-state index contributed by atoms with van der Waals surface area (Å²) >= 11 is 0. The lowest BCUT2D eigenvalue weighted by Gasteiger charge is -2.06. The smallest absolute Gasteiger partial charge is 0.162 e. The van der Waals surface area contributed by atoms with E-state index in [2.05, 4.69) is 11.1 Å². The minimum absolute atomic E-state index is 0.728. The highest BCUT2D eigenvalue weighted by Crippen LogP contribution is 2.30. The van der Waals surface area contributed by atoms with E-state index >= 15 is 0 Å². The molecule has 2 aromatic rings. The van der Waals surface area contributed by atoms with E-state index in [0.717, 1.165) is 22.4 Å². The third-order valence-corrected chi connectivity index (χ3v) is 1.98. The third kappa shape index (κ3) is 1.22. The lowest BCUT2D eigenvalue weighted by molar-refractivity contribution is 0.356. The van der Waals surface area contributed by atoms with E-state index in [1.54, 1.807) is 20.4 Å². The highest BCUT2D eigenvalue weighted by molar-refractivity contribution is 5.82. The number of hydrogen-bond acceptors (Lipinski definition) is 2. The van der Waals surface area contributed by atoms with Crippen LogP contribution in [0.4, 0.5) is 0 Å². The Kier molecular flexibility index (Phi) is 1.85. The summed E-state index contributed by atoms with van der Waals surface area (Å²) in [6.07, 6.45) is 1.77. The summed E-state index contributed by atoms with van der Waals surface area (Å²) in [6.45, 7) is 0. The summed E-state index contributed by atoms with van der Waals surface area (Å²) in [5.74, 6) is 1.46. The monoisotopic (exact) mass is 176 g/mol. The Hall–Kier alpha value is -1.64. The molecule has 0 fully saturated rings. The van der Waals surface area contributed by atoms with Gasteiger partial charge in [0.05, 0.1) is 14.2 Å². The van der Waals surface area contributed by atoms with Crippen molar-refractivity contribution >= 4 is 10.9 Å². The standard InChI is InChI=1S/C10H10NO2/c1-12-9-5-7-3-4-11-8(7)6-10(9)13-2/h4-6,11H,1-2H3. The molecule has 0 spiro atoms. The van der Waals surface area contributed by atoms with Crippen LogP contribution < -0.4 is 9.47 Å². The molecule has 0 amide bonds. The van der Waals surface area contributed by atoms with Crippen LogP contribution in [-0.2, 0) is 0 Å². The summed E-state index contributed by atoms with van der Waals surface area (Å²) in [6, 6.07) is 6.84. The quantitative estimate of drug-likeness (QED) is 0.759. The third-order valence-electron chi connectivity index (χ3n) is 1.98. The number of nitrogens with one attached hydrogen (secondary N) is 1. The second-order valence-corrected chi connectivity index (χ2v) is 2.69. The van der Waals surface area contributed by atoms with Gasteiger partial charge >= 0.3 is 0 Å². The number of fused-ring (bicyclic) bond motifs is 1. The van der Waals surface area contributed by atoms with Crippen molar-refractivity contribution < 1.29 is 9.47 Å². The van der Waals surface area contributed by atoms with Gasteiger partial charge in [0.2, 0.25) is 0 Å². The Morgan fingerprint density at radius 1 is 1.15 bits per heavy atom. The van der Waals surface area contributed by atoms with Crippen LogP contribution in [0.3, 0.4) is 0 Å². The number of rotatable bonds is 2. The van der Waals surface area contributed by atoms with Crippen molar-refractivity contribution in [1.29, 1.82) is 0 Å². The molecule has 1 radical (unpaired) electrons. The Balaban J connectivity index is 2.67. The van der Waals surface area contributed by atoms with Gasteiger partial charge in [-0.2, -0.15) is 0 Å². The summed E-state index contributed by atoms with van der Waals surface area (Å²) in [4.78, 5) is 3.05.